The summed E-state index contributed by atoms with van der Waals surface area (Å²) in [6.07, 6.45) is 0. The van der Waals surface area contributed by atoms with Crippen molar-refractivity contribution in [2.24, 2.45) is 0 Å². The molecule has 0 aliphatic carbocycles. The average molecular weight is 351 g/mol. The first-order valence-corrected chi connectivity index (χ1v) is 8.42. The molecule has 0 bridgehead atoms. The van der Waals surface area contributed by atoms with Gasteiger partial charge in [-0.3, -0.25) is 0 Å². The van der Waals surface area contributed by atoms with Crippen molar-refractivity contribution < 1.29 is 15.0 Å². The number of carbonyl (C=O) groups is 1. The Morgan fingerprint density at radius 2 is 1.88 bits per heavy atom. The number of aromatic nitrogens is 3. The second kappa shape index (κ2) is 6.12. The van der Waals surface area contributed by atoms with Gasteiger partial charge in [-0.1, -0.05) is 42.5 Å². The van der Waals surface area contributed by atoms with E-state index < -0.39 is 5.97 Å². The Labute approximate surface area is 146 Å². The predicted molar refractivity (Wildman–Crippen MR) is 95.1 cm³/mol. The minimum absolute atomic E-state index is 0.00739. The number of benzene rings is 2. The highest BCUT2D eigenvalue weighted by Gasteiger charge is 2.17. The topological polar surface area (TPSA) is 88.2 Å². The summed E-state index contributed by atoms with van der Waals surface area (Å²) in [6.45, 7) is -0.00739. The maximum atomic E-state index is 11.1. The summed E-state index contributed by atoms with van der Waals surface area (Å²) in [5, 5.41) is 25.9. The van der Waals surface area contributed by atoms with E-state index >= 15 is 0 Å². The molecule has 6 nitrogen and oxygen atoms in total. The number of carboxylic acid groups (broad SMARTS) is 1. The molecule has 0 amide bonds. The van der Waals surface area contributed by atoms with Crippen molar-refractivity contribution in [1.82, 2.24) is 14.8 Å². The summed E-state index contributed by atoms with van der Waals surface area (Å²) in [5.74, 6) is -1.06. The molecule has 7 heteroatoms. The van der Waals surface area contributed by atoms with Gasteiger partial charge < -0.3 is 10.2 Å². The number of para-hydroxylation sites is 1. The number of thiazole rings is 1. The van der Waals surface area contributed by atoms with Gasteiger partial charge in [-0.2, -0.15) is 5.10 Å². The molecule has 0 atom stereocenters. The van der Waals surface area contributed by atoms with Crippen LogP contribution in [-0.4, -0.2) is 30.9 Å². The molecule has 0 fully saturated rings. The first-order valence-electron chi connectivity index (χ1n) is 7.54. The van der Waals surface area contributed by atoms with Gasteiger partial charge in [0.25, 0.3) is 0 Å². The Morgan fingerprint density at radius 3 is 2.56 bits per heavy atom. The van der Waals surface area contributed by atoms with E-state index in [1.54, 1.807) is 4.68 Å². The van der Waals surface area contributed by atoms with Crippen molar-refractivity contribution in [1.29, 1.82) is 0 Å². The van der Waals surface area contributed by atoms with E-state index in [1.807, 2.05) is 48.5 Å². The van der Waals surface area contributed by atoms with Crippen LogP contribution in [0.15, 0.2) is 53.9 Å². The van der Waals surface area contributed by atoms with Crippen LogP contribution in [0.2, 0.25) is 0 Å². The maximum Gasteiger partial charge on any atom is 0.355 e. The fourth-order valence-corrected chi connectivity index (χ4v) is 3.41. The first kappa shape index (κ1) is 15.5. The predicted octanol–water partition coefficient (Wildman–Crippen LogP) is 3.34. The first-order chi connectivity index (χ1) is 12.2. The third-order valence-electron chi connectivity index (χ3n) is 3.89. The summed E-state index contributed by atoms with van der Waals surface area (Å²) >= 11 is 1.24. The van der Waals surface area contributed by atoms with Crippen molar-refractivity contribution in [2.45, 2.75) is 6.61 Å². The summed E-state index contributed by atoms with van der Waals surface area (Å²) in [6, 6.07) is 15.3. The zero-order chi connectivity index (χ0) is 17.4. The number of fused-ring (bicyclic) bond motifs is 1. The van der Waals surface area contributed by atoms with Gasteiger partial charge >= 0.3 is 5.97 Å². The van der Waals surface area contributed by atoms with Crippen molar-refractivity contribution in [2.75, 3.05) is 0 Å². The number of aliphatic hydroxyl groups is 1. The Kier molecular flexibility index (Phi) is 3.79. The molecule has 2 N–H and O–H groups in total. The molecule has 0 radical (unpaired) electrons. The zero-order valence-corrected chi connectivity index (χ0v) is 13.8. The average Bonchev–Trinajstić information content (AvgIpc) is 3.27. The van der Waals surface area contributed by atoms with Gasteiger partial charge in [0.15, 0.2) is 5.69 Å². The van der Waals surface area contributed by atoms with Crippen molar-refractivity contribution in [3.63, 3.8) is 0 Å². The lowest BCUT2D eigenvalue weighted by Gasteiger charge is -2.00. The lowest BCUT2D eigenvalue weighted by Crippen LogP contribution is -2.00. The minimum Gasteiger partial charge on any atom is -0.476 e. The van der Waals surface area contributed by atoms with E-state index in [0.717, 1.165) is 27.7 Å². The fourth-order valence-electron chi connectivity index (χ4n) is 2.65. The van der Waals surface area contributed by atoms with E-state index in [-0.39, 0.29) is 12.3 Å². The largest absolute Gasteiger partial charge is 0.476 e. The Hall–Kier alpha value is -3.03. The molecule has 0 saturated heterocycles. The summed E-state index contributed by atoms with van der Waals surface area (Å²) in [4.78, 5) is 15.2. The Bertz CT molecular complexity index is 1070. The molecule has 0 aliphatic heterocycles. The molecule has 124 valence electrons. The third-order valence-corrected chi connectivity index (χ3v) is 4.71. The lowest BCUT2D eigenvalue weighted by atomic mass is 10.1. The number of hydrogen-bond donors (Lipinski definition) is 2. The summed E-state index contributed by atoms with van der Waals surface area (Å²) in [7, 11) is 0. The third kappa shape index (κ3) is 2.69. The smallest absolute Gasteiger partial charge is 0.355 e. The van der Waals surface area contributed by atoms with Crippen LogP contribution in [0.1, 0.15) is 16.1 Å². The van der Waals surface area contributed by atoms with Crippen LogP contribution in [0.5, 0.6) is 0 Å². The molecule has 4 aromatic rings. The van der Waals surface area contributed by atoms with Crippen LogP contribution in [-0.2, 0) is 6.61 Å². The molecule has 0 spiro atoms. The number of hydrogen-bond acceptors (Lipinski definition) is 5. The quantitative estimate of drug-likeness (QED) is 0.589. The highest BCUT2D eigenvalue weighted by Crippen LogP contribution is 2.30. The maximum absolute atomic E-state index is 11.1. The van der Waals surface area contributed by atoms with Gasteiger partial charge in [0.2, 0.25) is 5.13 Å². The van der Waals surface area contributed by atoms with Crippen molar-refractivity contribution in [3.8, 4) is 16.4 Å². The number of carboxylic acids is 1. The van der Waals surface area contributed by atoms with E-state index in [1.165, 1.54) is 16.7 Å². The normalized spacial score (nSPS) is 11.1. The standard InChI is InChI=1S/C18H13N3O3S/c22-9-11-5-7-12(8-6-11)16-13-3-1-2-4-15(13)21(20-16)18-19-14(10-25-18)17(23)24/h1-8,10,22H,9H2,(H,23,24). The monoisotopic (exact) mass is 351 g/mol. The zero-order valence-electron chi connectivity index (χ0n) is 13.0. The minimum atomic E-state index is -1.06. The van der Waals surface area contributed by atoms with Crippen molar-refractivity contribution >= 4 is 28.2 Å². The van der Waals surface area contributed by atoms with Crippen LogP contribution < -0.4 is 0 Å². The van der Waals surface area contributed by atoms with Gasteiger partial charge in [-0.25, -0.2) is 14.5 Å². The number of aromatic carboxylic acids is 1. The highest BCUT2D eigenvalue weighted by molar-refractivity contribution is 7.12. The van der Waals surface area contributed by atoms with E-state index in [9.17, 15) is 9.90 Å². The second-order valence-electron chi connectivity index (χ2n) is 5.45. The molecular formula is C18H13N3O3S. The van der Waals surface area contributed by atoms with Gasteiger partial charge in [-0.05, 0) is 11.6 Å². The molecule has 0 unspecified atom stereocenters. The highest BCUT2D eigenvalue weighted by atomic mass is 32.1. The number of rotatable bonds is 4. The van der Waals surface area contributed by atoms with Crippen LogP contribution in [0.25, 0.3) is 27.3 Å². The van der Waals surface area contributed by atoms with Crippen LogP contribution in [0.4, 0.5) is 0 Å². The van der Waals surface area contributed by atoms with Gasteiger partial charge in [0.05, 0.1) is 12.1 Å². The van der Waals surface area contributed by atoms with E-state index in [4.69, 9.17) is 5.11 Å². The molecular weight excluding hydrogens is 338 g/mol. The molecule has 25 heavy (non-hydrogen) atoms. The SMILES string of the molecule is O=C(O)c1csc(-n2nc(-c3ccc(CO)cc3)c3ccccc32)n1. The second-order valence-corrected chi connectivity index (χ2v) is 6.29. The van der Waals surface area contributed by atoms with Gasteiger partial charge in [0, 0.05) is 16.3 Å². The van der Waals surface area contributed by atoms with Crippen LogP contribution in [0.3, 0.4) is 0 Å². The van der Waals surface area contributed by atoms with E-state index in [0.29, 0.717) is 5.13 Å². The molecule has 2 aromatic heterocycles. The molecule has 0 aliphatic rings. The Balaban J connectivity index is 1.89. The summed E-state index contributed by atoms with van der Waals surface area (Å²) < 4.78 is 1.67. The fraction of sp³-hybridized carbons (Fsp3) is 0.0556. The van der Waals surface area contributed by atoms with E-state index in [2.05, 4.69) is 10.1 Å². The Morgan fingerprint density at radius 1 is 1.12 bits per heavy atom. The van der Waals surface area contributed by atoms with Gasteiger partial charge in [-0.15, -0.1) is 11.3 Å². The van der Waals surface area contributed by atoms with Crippen LogP contribution in [0, 0.1) is 0 Å². The molecule has 4 rings (SSSR count). The molecule has 2 aromatic carbocycles. The number of nitrogens with zero attached hydrogens (tertiary/aromatic N) is 3. The van der Waals surface area contributed by atoms with Crippen LogP contribution >= 0.6 is 11.3 Å². The lowest BCUT2D eigenvalue weighted by molar-refractivity contribution is 0.0691. The summed E-state index contributed by atoms with van der Waals surface area (Å²) in [5.41, 5.74) is 3.40. The van der Waals surface area contributed by atoms with Gasteiger partial charge in [0.1, 0.15) is 5.69 Å². The molecule has 2 heterocycles. The molecule has 0 saturated carbocycles. The number of aliphatic hydroxyl groups excluding tert-OH is 1. The van der Waals surface area contributed by atoms with Crippen molar-refractivity contribution in [3.05, 3.63) is 65.2 Å².